The van der Waals surface area contributed by atoms with E-state index in [1.165, 1.54) is 0 Å². The predicted octanol–water partition coefficient (Wildman–Crippen LogP) is -6.63. The van der Waals surface area contributed by atoms with E-state index in [9.17, 15) is 30.3 Å². The van der Waals surface area contributed by atoms with Crippen molar-refractivity contribution in [3.63, 3.8) is 0 Å². The van der Waals surface area contributed by atoms with E-state index < -0.39 is 97.5 Å². The molecule has 0 radical (unpaired) electrons. The van der Waals surface area contributed by atoms with E-state index >= 15 is 0 Å². The molecular weight excluding hydrogens is 560 g/mol. The van der Waals surface area contributed by atoms with Crippen molar-refractivity contribution >= 4 is 5.91 Å². The van der Waals surface area contributed by atoms with E-state index in [0.717, 1.165) is 0 Å². The zero-order valence-electron chi connectivity index (χ0n) is 23.5. The fourth-order valence-corrected chi connectivity index (χ4v) is 5.68. The molecule has 17 nitrogen and oxygen atoms in total. The van der Waals surface area contributed by atoms with Gasteiger partial charge in [-0.3, -0.25) is 4.79 Å². The van der Waals surface area contributed by atoms with Crippen LogP contribution in [0.5, 0.6) is 0 Å². The molecule has 15 atom stereocenters. The third-order valence-electron chi connectivity index (χ3n) is 8.52. The minimum Gasteiger partial charge on any atom is -0.395 e. The van der Waals surface area contributed by atoms with Crippen molar-refractivity contribution in [1.82, 2.24) is 10.6 Å². The van der Waals surface area contributed by atoms with Gasteiger partial charge in [0, 0.05) is 44.1 Å². The van der Waals surface area contributed by atoms with E-state index in [1.54, 1.807) is 0 Å². The lowest BCUT2D eigenvalue weighted by atomic mass is 9.83. The van der Waals surface area contributed by atoms with Crippen molar-refractivity contribution in [2.45, 2.75) is 123 Å². The van der Waals surface area contributed by atoms with E-state index in [1.807, 2.05) is 0 Å². The monoisotopic (exact) mass is 608 g/mol. The van der Waals surface area contributed by atoms with Gasteiger partial charge < -0.3 is 83.2 Å². The number of carbonyl (C=O) groups excluding carboxylic acids is 1. The van der Waals surface area contributed by atoms with Gasteiger partial charge in [0.15, 0.2) is 18.2 Å². The molecule has 2 aliphatic carbocycles. The molecule has 0 spiro atoms. The molecule has 4 aliphatic rings. The van der Waals surface area contributed by atoms with Crippen LogP contribution in [0.1, 0.15) is 32.1 Å². The summed E-state index contributed by atoms with van der Waals surface area (Å²) in [6, 6.07) is -3.48. The number of aliphatic hydroxyl groups excluding tert-OH is 5. The number of carbonyl (C=O) groups is 1. The molecule has 0 aromatic rings. The van der Waals surface area contributed by atoms with Crippen LogP contribution in [0.2, 0.25) is 0 Å². The van der Waals surface area contributed by atoms with Crippen LogP contribution in [-0.4, -0.2) is 154 Å². The molecule has 4 rings (SSSR count). The Morgan fingerprint density at radius 1 is 0.976 bits per heavy atom. The molecule has 17 heteroatoms. The summed E-state index contributed by atoms with van der Waals surface area (Å²) >= 11 is 0. The molecular formula is C25H48N6O11. The summed E-state index contributed by atoms with van der Waals surface area (Å²) in [5, 5.41) is 67.0. The van der Waals surface area contributed by atoms with E-state index in [2.05, 4.69) is 10.6 Å². The van der Waals surface area contributed by atoms with Gasteiger partial charge in [0.05, 0.1) is 37.5 Å². The Hall–Kier alpha value is -1.13. The number of nitrogens with one attached hydrogen (secondary N) is 2. The van der Waals surface area contributed by atoms with E-state index in [4.69, 9.17) is 47.0 Å². The number of nitrogens with two attached hydrogens (primary N) is 4. The first-order chi connectivity index (χ1) is 19.9. The number of rotatable bonds is 12. The molecule has 1 amide bonds. The topological polar surface area (TPSA) is 304 Å². The van der Waals surface area contributed by atoms with Gasteiger partial charge in [0.25, 0.3) is 5.91 Å². The standard InChI is InChI=1S/C25H48N6O11/c26-10(8-32)6-30-7-11-1-2-12(27)22(39-11)41-20-13(28)3-14(31-24(37)25(38)5-18(25)29)21(19(20)36)42-23-16(35)4-15(34)17(9-33)40-23/h10-23,30,32-36,38H,1-9,26-29H2,(H,31,37)/t10?,11-,12+,13-,14+,15-,16+,17+,18?,19-,20?,21-,22+,23+,25?/m0/s1. The number of hydrogen-bond donors (Lipinski definition) is 12. The van der Waals surface area contributed by atoms with Crippen LogP contribution in [0, 0.1) is 0 Å². The molecule has 4 unspecified atom stereocenters. The number of ether oxygens (including phenoxy) is 4. The summed E-state index contributed by atoms with van der Waals surface area (Å²) in [4.78, 5) is 12.8. The molecule has 16 N–H and O–H groups in total. The second-order valence-corrected chi connectivity index (χ2v) is 12.0. The van der Waals surface area contributed by atoms with E-state index in [0.29, 0.717) is 25.9 Å². The summed E-state index contributed by atoms with van der Waals surface area (Å²) < 4.78 is 23.7. The molecule has 0 aromatic carbocycles. The Labute approximate surface area is 243 Å². The highest BCUT2D eigenvalue weighted by atomic mass is 16.7. The molecule has 0 aromatic heterocycles. The first kappa shape index (κ1) is 33.8. The van der Waals surface area contributed by atoms with Crippen molar-refractivity contribution in [3.05, 3.63) is 0 Å². The highest BCUT2D eigenvalue weighted by Gasteiger charge is 2.59. The lowest BCUT2D eigenvalue weighted by Crippen LogP contribution is -2.68. The van der Waals surface area contributed by atoms with Gasteiger partial charge in [-0.2, -0.15) is 0 Å². The Morgan fingerprint density at radius 3 is 2.31 bits per heavy atom. The predicted molar refractivity (Wildman–Crippen MR) is 144 cm³/mol. The average Bonchev–Trinajstić information content (AvgIpc) is 3.58. The highest BCUT2D eigenvalue weighted by Crippen LogP contribution is 2.36. The SMILES string of the molecule is NC(CO)CNC[C@@H]1CC[C@@H](N)[C@@H](OC2[C@@H](N)C[C@@H](NC(=O)C3(O)CC3N)[C@H](O[C@H]3O[C@H](CO)[C@@H](O)C[C@H]3O)[C@H]2O)O1. The zero-order chi connectivity index (χ0) is 30.8. The fourth-order valence-electron chi connectivity index (χ4n) is 5.68. The van der Waals surface area contributed by atoms with Crippen LogP contribution in [0.3, 0.4) is 0 Å². The maximum absolute atomic E-state index is 12.8. The van der Waals surface area contributed by atoms with Gasteiger partial charge in [-0.15, -0.1) is 0 Å². The maximum Gasteiger partial charge on any atom is 0.253 e. The Bertz CT molecular complexity index is 896. The van der Waals surface area contributed by atoms with Gasteiger partial charge in [-0.1, -0.05) is 0 Å². The molecule has 244 valence electrons. The quantitative estimate of drug-likeness (QED) is 0.0979. The molecule has 0 bridgehead atoms. The third kappa shape index (κ3) is 7.74. The first-order valence-electron chi connectivity index (χ1n) is 14.5. The first-order valence-corrected chi connectivity index (χ1v) is 14.5. The summed E-state index contributed by atoms with van der Waals surface area (Å²) in [6.45, 7) is 0.115. The average molecular weight is 609 g/mol. The van der Waals surface area contributed by atoms with Crippen LogP contribution < -0.4 is 33.6 Å². The largest absolute Gasteiger partial charge is 0.395 e. The second-order valence-electron chi connectivity index (χ2n) is 12.0. The summed E-state index contributed by atoms with van der Waals surface area (Å²) in [6.07, 6.45) is -8.79. The van der Waals surface area contributed by atoms with Crippen molar-refractivity contribution in [1.29, 1.82) is 0 Å². The fraction of sp³-hybridized carbons (Fsp3) is 0.960. The minimum absolute atomic E-state index is 0.0321. The van der Waals surface area contributed by atoms with Crippen molar-refractivity contribution in [2.75, 3.05) is 26.3 Å². The normalized spacial score (nSPS) is 46.7. The van der Waals surface area contributed by atoms with Crippen molar-refractivity contribution < 1.29 is 54.4 Å². The smallest absolute Gasteiger partial charge is 0.253 e. The zero-order valence-corrected chi connectivity index (χ0v) is 23.5. The van der Waals surface area contributed by atoms with Crippen LogP contribution in [-0.2, 0) is 23.7 Å². The Balaban J connectivity index is 1.46. The summed E-state index contributed by atoms with van der Waals surface area (Å²) in [5.74, 6) is -0.755. The van der Waals surface area contributed by atoms with Crippen molar-refractivity contribution in [3.8, 4) is 0 Å². The Kier molecular flexibility index (Phi) is 11.5. The van der Waals surface area contributed by atoms with Crippen LogP contribution >= 0.6 is 0 Å². The molecule has 2 saturated heterocycles. The number of hydrogen-bond acceptors (Lipinski definition) is 16. The van der Waals surface area contributed by atoms with Crippen LogP contribution in [0.25, 0.3) is 0 Å². The third-order valence-corrected chi connectivity index (χ3v) is 8.52. The van der Waals surface area contributed by atoms with Gasteiger partial charge in [0.1, 0.15) is 30.5 Å². The molecule has 4 fully saturated rings. The van der Waals surface area contributed by atoms with Crippen LogP contribution in [0.4, 0.5) is 0 Å². The molecule has 2 saturated carbocycles. The molecule has 42 heavy (non-hydrogen) atoms. The minimum atomic E-state index is -1.76. The van der Waals surface area contributed by atoms with Gasteiger partial charge >= 0.3 is 0 Å². The molecule has 2 aliphatic heterocycles. The molecule has 2 heterocycles. The Morgan fingerprint density at radius 2 is 1.67 bits per heavy atom. The van der Waals surface area contributed by atoms with Gasteiger partial charge in [-0.25, -0.2) is 0 Å². The maximum atomic E-state index is 12.8. The van der Waals surface area contributed by atoms with Crippen molar-refractivity contribution in [2.24, 2.45) is 22.9 Å². The highest BCUT2D eigenvalue weighted by molar-refractivity contribution is 5.89. The van der Waals surface area contributed by atoms with E-state index in [-0.39, 0.29) is 32.0 Å². The second kappa shape index (κ2) is 14.3. The summed E-state index contributed by atoms with van der Waals surface area (Å²) in [5.41, 5.74) is 22.4. The van der Waals surface area contributed by atoms with Gasteiger partial charge in [-0.05, 0) is 19.3 Å². The van der Waals surface area contributed by atoms with Crippen LogP contribution in [0.15, 0.2) is 0 Å². The lowest BCUT2D eigenvalue weighted by Gasteiger charge is -2.47. The number of aliphatic hydroxyl groups is 6. The number of amides is 1. The summed E-state index contributed by atoms with van der Waals surface area (Å²) in [7, 11) is 0. The van der Waals surface area contributed by atoms with Gasteiger partial charge in [0.2, 0.25) is 0 Å². The lowest BCUT2D eigenvalue weighted by molar-refractivity contribution is -0.310.